The highest BCUT2D eigenvalue weighted by atomic mass is 16.3. The predicted octanol–water partition coefficient (Wildman–Crippen LogP) is 5.11. The molecule has 1 aliphatic carbocycles. The largest absolute Gasteiger partial charge is 0.399 e. The number of hydrogen-bond acceptors (Lipinski definition) is 6. The maximum absolute atomic E-state index is 13.0. The van der Waals surface area contributed by atoms with Crippen LogP contribution in [-0.4, -0.2) is 55.7 Å². The first-order valence-electron chi connectivity index (χ1n) is 13.9. The molecule has 8 nitrogen and oxygen atoms in total. The predicted molar refractivity (Wildman–Crippen MR) is 148 cm³/mol. The lowest BCUT2D eigenvalue weighted by molar-refractivity contribution is 0.0713. The zero-order valence-electron chi connectivity index (χ0n) is 22.1. The Kier molecular flexibility index (Phi) is 7.65. The van der Waals surface area contributed by atoms with Crippen molar-refractivity contribution in [1.82, 2.24) is 19.4 Å². The number of anilines is 2. The van der Waals surface area contributed by atoms with Crippen molar-refractivity contribution >= 4 is 28.6 Å². The Morgan fingerprint density at radius 1 is 1.14 bits per heavy atom. The van der Waals surface area contributed by atoms with Crippen molar-refractivity contribution in [3.63, 3.8) is 0 Å². The second-order valence-corrected chi connectivity index (χ2v) is 10.9. The van der Waals surface area contributed by atoms with Crippen LogP contribution in [0.4, 0.5) is 11.6 Å². The summed E-state index contributed by atoms with van der Waals surface area (Å²) in [4.78, 5) is 24.7. The van der Waals surface area contributed by atoms with Crippen molar-refractivity contribution in [2.24, 2.45) is 0 Å². The fourth-order valence-electron chi connectivity index (χ4n) is 5.99. The van der Waals surface area contributed by atoms with Crippen molar-refractivity contribution < 1.29 is 9.90 Å². The van der Waals surface area contributed by atoms with Crippen molar-refractivity contribution in [3.8, 4) is 0 Å². The normalized spacial score (nSPS) is 21.8. The Balaban J connectivity index is 1.38. The minimum absolute atomic E-state index is 0.0712. The Morgan fingerprint density at radius 2 is 1.84 bits per heavy atom. The number of nitrogens with zero attached hydrogens (tertiary/aromatic N) is 4. The molecule has 2 fully saturated rings. The van der Waals surface area contributed by atoms with Gasteiger partial charge in [-0.2, -0.15) is 4.98 Å². The minimum Gasteiger partial charge on any atom is -0.399 e. The zero-order chi connectivity index (χ0) is 25.9. The summed E-state index contributed by atoms with van der Waals surface area (Å²) >= 11 is 0. The van der Waals surface area contributed by atoms with E-state index in [-0.39, 0.29) is 12.0 Å². The Bertz CT molecular complexity index is 1210. The summed E-state index contributed by atoms with van der Waals surface area (Å²) in [6, 6.07) is 7.84. The Labute approximate surface area is 219 Å². The van der Waals surface area contributed by atoms with E-state index in [2.05, 4.69) is 29.9 Å². The van der Waals surface area contributed by atoms with E-state index in [4.69, 9.17) is 15.7 Å². The van der Waals surface area contributed by atoms with Crippen LogP contribution in [0.2, 0.25) is 0 Å². The molecule has 37 heavy (non-hydrogen) atoms. The summed E-state index contributed by atoms with van der Waals surface area (Å²) in [6.45, 7) is 5.81. The van der Waals surface area contributed by atoms with Crippen LogP contribution in [0.25, 0.3) is 11.0 Å². The molecule has 1 aromatic carbocycles. The summed E-state index contributed by atoms with van der Waals surface area (Å²) in [5.41, 5.74) is 9.41. The number of carbonyl (C=O) groups excluding carboxylic acids is 1. The third-order valence-corrected chi connectivity index (χ3v) is 8.14. The summed E-state index contributed by atoms with van der Waals surface area (Å²) in [7, 11) is 0. The molecule has 2 aromatic heterocycles. The van der Waals surface area contributed by atoms with E-state index in [1.54, 1.807) is 12.1 Å². The maximum atomic E-state index is 13.0. The molecule has 0 spiro atoms. The lowest BCUT2D eigenvalue weighted by atomic mass is 9.89. The monoisotopic (exact) mass is 504 g/mol. The number of amides is 1. The van der Waals surface area contributed by atoms with Crippen LogP contribution in [-0.2, 0) is 0 Å². The van der Waals surface area contributed by atoms with E-state index in [9.17, 15) is 9.90 Å². The average molecular weight is 505 g/mol. The van der Waals surface area contributed by atoms with Crippen LogP contribution < -0.4 is 11.1 Å². The van der Waals surface area contributed by atoms with Gasteiger partial charge in [-0.25, -0.2) is 4.98 Å². The van der Waals surface area contributed by atoms with Crippen LogP contribution in [0, 0.1) is 0 Å². The fraction of sp³-hybridized carbons (Fsp3) is 0.552. The number of hydrogen-bond donors (Lipinski definition) is 3. The molecule has 4 N–H and O–H groups in total. The van der Waals surface area contributed by atoms with E-state index in [1.807, 2.05) is 23.2 Å². The lowest BCUT2D eigenvalue weighted by Crippen LogP contribution is -2.37. The first-order valence-corrected chi connectivity index (χ1v) is 13.9. The molecular weight excluding hydrogens is 464 g/mol. The second-order valence-electron chi connectivity index (χ2n) is 10.9. The summed E-state index contributed by atoms with van der Waals surface area (Å²) in [5, 5.41) is 14.7. The smallest absolute Gasteiger partial charge is 0.253 e. The van der Waals surface area contributed by atoms with Gasteiger partial charge >= 0.3 is 0 Å². The van der Waals surface area contributed by atoms with Gasteiger partial charge in [-0.3, -0.25) is 4.79 Å². The maximum Gasteiger partial charge on any atom is 0.253 e. The van der Waals surface area contributed by atoms with E-state index in [0.717, 1.165) is 75.5 Å². The first-order chi connectivity index (χ1) is 17.9. The molecule has 1 saturated carbocycles. The number of fused-ring (bicyclic) bond motifs is 1. The Hall–Kier alpha value is -3.13. The molecule has 1 amide bonds. The number of aliphatic hydroxyl groups excluding tert-OH is 1. The fourth-order valence-corrected chi connectivity index (χ4v) is 5.99. The van der Waals surface area contributed by atoms with Gasteiger partial charge in [-0.15, -0.1) is 0 Å². The molecule has 1 atom stereocenters. The molecule has 0 bridgehead atoms. The highest BCUT2D eigenvalue weighted by molar-refractivity contribution is 5.94. The Morgan fingerprint density at radius 3 is 2.51 bits per heavy atom. The van der Waals surface area contributed by atoms with E-state index in [1.165, 1.54) is 5.56 Å². The number of likely N-dealkylation sites (tertiary alicyclic amines) is 1. The van der Waals surface area contributed by atoms with Crippen LogP contribution in [0.1, 0.15) is 93.1 Å². The number of piperidine rings is 1. The van der Waals surface area contributed by atoms with Gasteiger partial charge in [0, 0.05) is 54.2 Å². The minimum atomic E-state index is -0.192. The molecule has 5 rings (SSSR count). The van der Waals surface area contributed by atoms with Gasteiger partial charge < -0.3 is 25.6 Å². The highest BCUT2D eigenvalue weighted by Gasteiger charge is 2.29. The SMILES string of the molecule is CCC[C@H](C)Nc1ncc2c(C3CCN(C(=O)c4ccc(N)cc4)CC3)cn([C@H]3CC[C@H](O)CC3)c2n1. The van der Waals surface area contributed by atoms with E-state index >= 15 is 0 Å². The third-order valence-electron chi connectivity index (χ3n) is 8.14. The van der Waals surface area contributed by atoms with Gasteiger partial charge in [0.2, 0.25) is 5.95 Å². The molecule has 0 unspecified atom stereocenters. The van der Waals surface area contributed by atoms with Crippen LogP contribution in [0.3, 0.4) is 0 Å². The highest BCUT2D eigenvalue weighted by Crippen LogP contribution is 2.38. The molecular formula is C29H40N6O2. The van der Waals surface area contributed by atoms with Crippen LogP contribution in [0.15, 0.2) is 36.7 Å². The number of nitrogens with two attached hydrogens (primary N) is 1. The number of rotatable bonds is 7. The lowest BCUT2D eigenvalue weighted by Gasteiger charge is -2.32. The molecule has 0 radical (unpaired) electrons. The molecule has 2 aliphatic rings. The number of nitrogens with one attached hydrogen (secondary N) is 1. The molecule has 198 valence electrons. The number of aromatic nitrogens is 3. The number of aliphatic hydroxyl groups is 1. The average Bonchev–Trinajstić information content (AvgIpc) is 3.28. The second kappa shape index (κ2) is 11.1. The van der Waals surface area contributed by atoms with Crippen molar-refractivity contribution in [2.45, 2.75) is 89.3 Å². The quantitative estimate of drug-likeness (QED) is 0.386. The summed E-state index contributed by atoms with van der Waals surface area (Å²) in [5.74, 6) is 1.11. The first kappa shape index (κ1) is 25.5. The summed E-state index contributed by atoms with van der Waals surface area (Å²) in [6.07, 6.45) is 11.7. The number of benzene rings is 1. The van der Waals surface area contributed by atoms with Crippen molar-refractivity contribution in [3.05, 3.63) is 47.8 Å². The standard InChI is InChI=1S/C29H40N6O2/c1-3-4-19(2)32-29-31-17-25-26(18-35(27(25)33-29)23-9-11-24(36)12-10-23)20-13-15-34(16-14-20)28(37)21-5-7-22(30)8-6-21/h5-8,17-20,23-24,36H,3-4,9-16,30H2,1-2H3,(H,31,32,33)/t19-,23-,24-/m0/s1. The number of carbonyl (C=O) groups is 1. The third kappa shape index (κ3) is 5.59. The summed E-state index contributed by atoms with van der Waals surface area (Å²) < 4.78 is 2.35. The van der Waals surface area contributed by atoms with Crippen LogP contribution in [0.5, 0.6) is 0 Å². The van der Waals surface area contributed by atoms with Gasteiger partial charge in [0.05, 0.1) is 6.10 Å². The van der Waals surface area contributed by atoms with E-state index in [0.29, 0.717) is 35.2 Å². The van der Waals surface area contributed by atoms with Gasteiger partial charge in [-0.05, 0) is 87.6 Å². The van der Waals surface area contributed by atoms with E-state index < -0.39 is 0 Å². The topological polar surface area (TPSA) is 109 Å². The molecule has 3 aromatic rings. The van der Waals surface area contributed by atoms with Crippen molar-refractivity contribution in [2.75, 3.05) is 24.1 Å². The van der Waals surface area contributed by atoms with Gasteiger partial charge in [-0.1, -0.05) is 13.3 Å². The molecule has 8 heteroatoms. The molecule has 1 aliphatic heterocycles. The van der Waals surface area contributed by atoms with Gasteiger partial charge in [0.1, 0.15) is 5.65 Å². The number of nitrogen functional groups attached to an aromatic ring is 1. The van der Waals surface area contributed by atoms with Crippen LogP contribution >= 0.6 is 0 Å². The van der Waals surface area contributed by atoms with Crippen molar-refractivity contribution in [1.29, 1.82) is 0 Å². The van der Waals surface area contributed by atoms with Gasteiger partial charge in [0.15, 0.2) is 0 Å². The zero-order valence-corrected chi connectivity index (χ0v) is 22.1. The molecule has 3 heterocycles. The molecule has 1 saturated heterocycles. The van der Waals surface area contributed by atoms with Gasteiger partial charge in [0.25, 0.3) is 5.91 Å².